The number of ether oxygens (including phenoxy) is 1. The number of epoxide rings is 1. The Bertz CT molecular complexity index is 624. The molecule has 1 saturated heterocycles. The van der Waals surface area contributed by atoms with Crippen molar-refractivity contribution in [3.63, 3.8) is 0 Å². The van der Waals surface area contributed by atoms with Gasteiger partial charge in [-0.15, -0.1) is 0 Å². The average Bonchev–Trinajstić information content (AvgIpc) is 3.19. The van der Waals surface area contributed by atoms with Crippen LogP contribution in [-0.4, -0.2) is 9.64 Å². The van der Waals surface area contributed by atoms with Crippen molar-refractivity contribution in [2.45, 2.75) is 23.4 Å². The first-order valence-electron chi connectivity index (χ1n) is 6.04. The zero-order valence-electron chi connectivity index (χ0n) is 10.4. The summed E-state index contributed by atoms with van der Waals surface area (Å²) < 4.78 is 17.9. The van der Waals surface area contributed by atoms with Crippen LogP contribution < -0.4 is 0 Å². The van der Waals surface area contributed by atoms with Crippen LogP contribution in [0, 0.1) is 6.92 Å². The molecule has 3 rings (SSSR count). The molecular weight excluding hydrogens is 280 g/mol. The van der Waals surface area contributed by atoms with Crippen molar-refractivity contribution in [1.82, 2.24) is 0 Å². The van der Waals surface area contributed by atoms with Gasteiger partial charge in [-0.1, -0.05) is 47.5 Å². The van der Waals surface area contributed by atoms with Gasteiger partial charge in [0.1, 0.15) is 6.10 Å². The van der Waals surface area contributed by atoms with Gasteiger partial charge < -0.3 is 4.74 Å². The average molecular weight is 293 g/mol. The van der Waals surface area contributed by atoms with Crippen molar-refractivity contribution in [2.24, 2.45) is 0 Å². The van der Waals surface area contributed by atoms with Gasteiger partial charge in [0.25, 0.3) is 0 Å². The van der Waals surface area contributed by atoms with Crippen LogP contribution in [0.2, 0.25) is 5.02 Å². The molecule has 4 heteroatoms. The summed E-state index contributed by atoms with van der Waals surface area (Å²) in [5.74, 6) is 0. The summed E-state index contributed by atoms with van der Waals surface area (Å²) in [6.45, 7) is 2.01. The lowest BCUT2D eigenvalue weighted by Crippen LogP contribution is -2.01. The molecule has 1 aliphatic rings. The maximum absolute atomic E-state index is 12.4. The van der Waals surface area contributed by atoms with Crippen molar-refractivity contribution < 1.29 is 8.95 Å². The van der Waals surface area contributed by atoms with E-state index in [0.29, 0.717) is 5.02 Å². The van der Waals surface area contributed by atoms with Crippen LogP contribution in [0.3, 0.4) is 0 Å². The Kier molecular flexibility index (Phi) is 3.44. The molecule has 98 valence electrons. The standard InChI is InChI=1S/C15H13ClO2S/c1-10-6-8-11(9-7-10)19(17)15-14(18-15)12-4-2-3-5-13(12)16/h2-9,14-15H,1H3/t14-,15+,19?/m1/s1. The predicted octanol–water partition coefficient (Wildman–Crippen LogP) is 3.85. The zero-order valence-corrected chi connectivity index (χ0v) is 11.9. The summed E-state index contributed by atoms with van der Waals surface area (Å²) in [6.07, 6.45) is -0.157. The fraction of sp³-hybridized carbons (Fsp3) is 0.200. The molecule has 0 aliphatic carbocycles. The third-order valence-electron chi connectivity index (χ3n) is 3.13. The maximum Gasteiger partial charge on any atom is 0.168 e. The third-order valence-corrected chi connectivity index (χ3v) is 4.99. The molecule has 1 unspecified atom stereocenters. The molecule has 1 aliphatic heterocycles. The van der Waals surface area contributed by atoms with Gasteiger partial charge in [0.2, 0.25) is 0 Å². The number of hydrogen-bond acceptors (Lipinski definition) is 2. The van der Waals surface area contributed by atoms with Crippen LogP contribution in [0.5, 0.6) is 0 Å². The lowest BCUT2D eigenvalue weighted by Gasteiger charge is -2.01. The highest BCUT2D eigenvalue weighted by Crippen LogP contribution is 2.45. The SMILES string of the molecule is Cc1ccc(S(=O)[C@@H]2O[C@@H]2c2ccccc2Cl)cc1. The molecule has 0 N–H and O–H groups in total. The maximum atomic E-state index is 12.4. The number of hydrogen-bond donors (Lipinski definition) is 0. The first-order valence-corrected chi connectivity index (χ1v) is 7.63. The van der Waals surface area contributed by atoms with Gasteiger partial charge in [-0.05, 0) is 25.1 Å². The Labute approximate surface area is 119 Å². The Morgan fingerprint density at radius 2 is 1.79 bits per heavy atom. The number of halogens is 1. The first-order chi connectivity index (χ1) is 9.16. The second kappa shape index (κ2) is 5.08. The lowest BCUT2D eigenvalue weighted by molar-refractivity contribution is 0.403. The minimum absolute atomic E-state index is 0.157. The molecule has 0 amide bonds. The Balaban J connectivity index is 1.78. The molecule has 0 aromatic heterocycles. The van der Waals surface area contributed by atoms with Gasteiger partial charge in [-0.3, -0.25) is 4.21 Å². The summed E-state index contributed by atoms with van der Waals surface area (Å²) in [5, 5.41) is 0.663. The third kappa shape index (κ3) is 2.59. The van der Waals surface area contributed by atoms with E-state index in [9.17, 15) is 4.21 Å². The largest absolute Gasteiger partial charge is 0.350 e. The summed E-state index contributed by atoms with van der Waals surface area (Å²) in [4.78, 5) is 0.796. The van der Waals surface area contributed by atoms with Crippen LogP contribution in [0.4, 0.5) is 0 Å². The van der Waals surface area contributed by atoms with E-state index >= 15 is 0 Å². The summed E-state index contributed by atoms with van der Waals surface area (Å²) in [6, 6.07) is 15.2. The van der Waals surface area contributed by atoms with Crippen LogP contribution >= 0.6 is 11.6 Å². The van der Waals surface area contributed by atoms with Crippen LogP contribution in [0.25, 0.3) is 0 Å². The lowest BCUT2D eigenvalue weighted by atomic mass is 10.2. The second-order valence-corrected chi connectivity index (χ2v) is 6.50. The molecule has 1 heterocycles. The minimum Gasteiger partial charge on any atom is -0.350 e. The van der Waals surface area contributed by atoms with Crippen molar-refractivity contribution >= 4 is 22.4 Å². The van der Waals surface area contributed by atoms with Gasteiger partial charge in [-0.25, -0.2) is 0 Å². The van der Waals surface area contributed by atoms with E-state index in [1.807, 2.05) is 55.5 Å². The molecule has 0 spiro atoms. The normalized spacial score (nSPS) is 23.1. The van der Waals surface area contributed by atoms with E-state index in [-0.39, 0.29) is 11.5 Å². The van der Waals surface area contributed by atoms with Crippen LogP contribution in [0.15, 0.2) is 53.4 Å². The molecule has 1 fully saturated rings. The topological polar surface area (TPSA) is 29.6 Å². The molecule has 2 aromatic rings. The molecular formula is C15H13ClO2S. The molecule has 19 heavy (non-hydrogen) atoms. The smallest absolute Gasteiger partial charge is 0.168 e. The number of rotatable bonds is 3. The van der Waals surface area contributed by atoms with Gasteiger partial charge in [0.15, 0.2) is 5.44 Å². The van der Waals surface area contributed by atoms with E-state index < -0.39 is 10.8 Å². The Hall–Kier alpha value is -1.16. The molecule has 2 nitrogen and oxygen atoms in total. The quantitative estimate of drug-likeness (QED) is 0.804. The molecule has 0 saturated carbocycles. The zero-order chi connectivity index (χ0) is 13.4. The van der Waals surface area contributed by atoms with Crippen molar-refractivity contribution in [2.75, 3.05) is 0 Å². The van der Waals surface area contributed by atoms with Crippen molar-refractivity contribution in [1.29, 1.82) is 0 Å². The number of aryl methyl sites for hydroxylation is 1. The van der Waals surface area contributed by atoms with Gasteiger partial charge in [0, 0.05) is 15.5 Å². The van der Waals surface area contributed by atoms with Crippen LogP contribution in [-0.2, 0) is 15.5 Å². The monoisotopic (exact) mass is 292 g/mol. The molecule has 3 atom stereocenters. The molecule has 0 bridgehead atoms. The Morgan fingerprint density at radius 3 is 2.47 bits per heavy atom. The van der Waals surface area contributed by atoms with E-state index in [2.05, 4.69) is 0 Å². The summed E-state index contributed by atoms with van der Waals surface area (Å²) in [7, 11) is -1.15. The Morgan fingerprint density at radius 1 is 1.11 bits per heavy atom. The summed E-state index contributed by atoms with van der Waals surface area (Å²) >= 11 is 6.12. The second-order valence-electron chi connectivity index (χ2n) is 4.56. The number of benzene rings is 2. The van der Waals surface area contributed by atoms with E-state index in [0.717, 1.165) is 16.0 Å². The minimum atomic E-state index is -1.15. The van der Waals surface area contributed by atoms with Crippen molar-refractivity contribution in [3.05, 3.63) is 64.7 Å². The van der Waals surface area contributed by atoms with E-state index in [1.54, 1.807) is 0 Å². The van der Waals surface area contributed by atoms with Gasteiger partial charge >= 0.3 is 0 Å². The molecule has 0 radical (unpaired) electrons. The molecule has 2 aromatic carbocycles. The van der Waals surface area contributed by atoms with Crippen molar-refractivity contribution in [3.8, 4) is 0 Å². The van der Waals surface area contributed by atoms with Crippen LogP contribution in [0.1, 0.15) is 17.2 Å². The highest BCUT2D eigenvalue weighted by atomic mass is 35.5. The van der Waals surface area contributed by atoms with E-state index in [1.165, 1.54) is 0 Å². The fourth-order valence-electron chi connectivity index (χ4n) is 1.99. The van der Waals surface area contributed by atoms with Gasteiger partial charge in [-0.2, -0.15) is 0 Å². The first kappa shape index (κ1) is 12.9. The highest BCUT2D eigenvalue weighted by molar-refractivity contribution is 7.85. The predicted molar refractivity (Wildman–Crippen MR) is 76.7 cm³/mol. The highest BCUT2D eigenvalue weighted by Gasteiger charge is 2.46. The van der Waals surface area contributed by atoms with Gasteiger partial charge in [0.05, 0.1) is 10.8 Å². The fourth-order valence-corrected chi connectivity index (χ4v) is 3.50. The summed E-state index contributed by atoms with van der Waals surface area (Å²) in [5.41, 5.74) is 1.78. The van der Waals surface area contributed by atoms with E-state index in [4.69, 9.17) is 16.3 Å².